The molecule has 35 heavy (non-hydrogen) atoms. The van der Waals surface area contributed by atoms with Crippen molar-refractivity contribution in [3.63, 3.8) is 0 Å². The van der Waals surface area contributed by atoms with E-state index in [1.54, 1.807) is 0 Å². The fourth-order valence-electron chi connectivity index (χ4n) is 4.60. The molecule has 1 N–H and O–H groups in total. The number of benzene rings is 2. The number of para-hydroxylation sites is 1. The minimum absolute atomic E-state index is 0.0691. The Labute approximate surface area is 202 Å². The van der Waals surface area contributed by atoms with Crippen LogP contribution in [0.3, 0.4) is 0 Å². The highest BCUT2D eigenvalue weighted by atomic mass is 16.3. The molecule has 174 valence electrons. The van der Waals surface area contributed by atoms with E-state index in [0.717, 1.165) is 58.3 Å². The Morgan fingerprint density at radius 3 is 2.51 bits per heavy atom. The molecular weight excluding hydrogens is 438 g/mol. The summed E-state index contributed by atoms with van der Waals surface area (Å²) < 4.78 is 7.81. The number of fused-ring (bicyclic) bond motifs is 1. The lowest BCUT2D eigenvalue weighted by molar-refractivity contribution is 0.242. The van der Waals surface area contributed by atoms with Gasteiger partial charge in [-0.15, -0.1) is 0 Å². The smallest absolute Gasteiger partial charge is 0.255 e. The second kappa shape index (κ2) is 8.85. The molecule has 0 saturated heterocycles. The number of nitrogens with one attached hydrogen (secondary N) is 1. The van der Waals surface area contributed by atoms with E-state index < -0.39 is 0 Å². The zero-order valence-corrected chi connectivity index (χ0v) is 19.4. The molecule has 1 aliphatic heterocycles. The molecule has 0 aliphatic carbocycles. The summed E-state index contributed by atoms with van der Waals surface area (Å²) in [5.41, 5.74) is 5.33. The first-order chi connectivity index (χ1) is 17.1. The highest BCUT2D eigenvalue weighted by molar-refractivity contribution is 5.58. The number of furan rings is 1. The molecule has 0 atom stereocenters. The van der Waals surface area contributed by atoms with E-state index in [9.17, 15) is 4.79 Å². The lowest BCUT2D eigenvalue weighted by atomic mass is 10.1. The van der Waals surface area contributed by atoms with Crippen molar-refractivity contribution in [1.82, 2.24) is 24.6 Å². The van der Waals surface area contributed by atoms with Crippen LogP contribution in [-0.4, -0.2) is 31.2 Å². The van der Waals surface area contributed by atoms with E-state index in [4.69, 9.17) is 14.5 Å². The van der Waals surface area contributed by atoms with E-state index in [1.807, 2.05) is 84.4 Å². The van der Waals surface area contributed by atoms with Gasteiger partial charge >= 0.3 is 0 Å². The molecule has 6 rings (SSSR count). The minimum atomic E-state index is -0.0691. The van der Waals surface area contributed by atoms with Crippen LogP contribution in [-0.2, 0) is 19.5 Å². The van der Waals surface area contributed by atoms with Gasteiger partial charge in [0.05, 0.1) is 16.9 Å². The predicted octanol–water partition coefficient (Wildman–Crippen LogP) is 4.75. The number of aromatic amines is 1. The van der Waals surface area contributed by atoms with E-state index in [0.29, 0.717) is 18.9 Å². The van der Waals surface area contributed by atoms with Crippen molar-refractivity contribution >= 4 is 0 Å². The number of aryl methyl sites for hydroxylation is 1. The van der Waals surface area contributed by atoms with Gasteiger partial charge in [-0.05, 0) is 31.2 Å². The molecule has 0 spiro atoms. The largest absolute Gasteiger partial charge is 0.460 e. The van der Waals surface area contributed by atoms with Crippen LogP contribution in [0.2, 0.25) is 0 Å². The van der Waals surface area contributed by atoms with Crippen LogP contribution in [0.1, 0.15) is 22.6 Å². The Morgan fingerprint density at radius 2 is 1.77 bits per heavy atom. The van der Waals surface area contributed by atoms with Crippen molar-refractivity contribution in [2.24, 2.45) is 0 Å². The van der Waals surface area contributed by atoms with Gasteiger partial charge in [-0.25, -0.2) is 9.67 Å². The molecule has 0 amide bonds. The summed E-state index contributed by atoms with van der Waals surface area (Å²) in [4.78, 5) is 23.0. The van der Waals surface area contributed by atoms with E-state index in [2.05, 4.69) is 16.1 Å². The molecule has 0 bridgehead atoms. The number of rotatable bonds is 5. The van der Waals surface area contributed by atoms with Crippen molar-refractivity contribution < 1.29 is 4.42 Å². The van der Waals surface area contributed by atoms with Gasteiger partial charge in [0, 0.05) is 43.4 Å². The highest BCUT2D eigenvalue weighted by Crippen LogP contribution is 2.28. The Kier molecular flexibility index (Phi) is 5.39. The molecule has 2 aromatic carbocycles. The van der Waals surface area contributed by atoms with E-state index >= 15 is 0 Å². The summed E-state index contributed by atoms with van der Waals surface area (Å²) >= 11 is 0. The molecule has 1 aliphatic rings. The van der Waals surface area contributed by atoms with Gasteiger partial charge in [0.15, 0.2) is 5.76 Å². The predicted molar refractivity (Wildman–Crippen MR) is 134 cm³/mol. The summed E-state index contributed by atoms with van der Waals surface area (Å²) in [5.74, 6) is 2.22. The fourth-order valence-corrected chi connectivity index (χ4v) is 4.60. The van der Waals surface area contributed by atoms with Crippen LogP contribution >= 0.6 is 0 Å². The second-order valence-corrected chi connectivity index (χ2v) is 8.86. The monoisotopic (exact) mass is 463 g/mol. The summed E-state index contributed by atoms with van der Waals surface area (Å²) in [6, 6.07) is 23.7. The van der Waals surface area contributed by atoms with Crippen LogP contribution in [0.25, 0.3) is 28.5 Å². The molecule has 7 nitrogen and oxygen atoms in total. The first kappa shape index (κ1) is 21.3. The third-order valence-electron chi connectivity index (χ3n) is 6.37. The van der Waals surface area contributed by atoms with Gasteiger partial charge in [-0.3, -0.25) is 9.69 Å². The molecule has 7 heteroatoms. The summed E-state index contributed by atoms with van der Waals surface area (Å²) in [7, 11) is 0. The number of hydrogen-bond acceptors (Lipinski definition) is 5. The van der Waals surface area contributed by atoms with Gasteiger partial charge in [-0.2, -0.15) is 5.10 Å². The van der Waals surface area contributed by atoms with Crippen molar-refractivity contribution in [2.45, 2.75) is 26.4 Å². The maximum atomic E-state index is 13.0. The van der Waals surface area contributed by atoms with Gasteiger partial charge in [-0.1, -0.05) is 48.5 Å². The lowest BCUT2D eigenvalue weighted by Crippen LogP contribution is -2.35. The highest BCUT2D eigenvalue weighted by Gasteiger charge is 2.24. The molecule has 3 aromatic heterocycles. The van der Waals surface area contributed by atoms with Gasteiger partial charge in [0.25, 0.3) is 5.56 Å². The summed E-state index contributed by atoms with van der Waals surface area (Å²) in [6.45, 7) is 3.94. The lowest BCUT2D eigenvalue weighted by Gasteiger charge is -2.27. The maximum Gasteiger partial charge on any atom is 0.255 e. The summed E-state index contributed by atoms with van der Waals surface area (Å²) in [5, 5.41) is 4.85. The minimum Gasteiger partial charge on any atom is -0.460 e. The molecule has 0 radical (unpaired) electrons. The average Bonchev–Trinajstić information content (AvgIpc) is 3.51. The molecule has 5 aromatic rings. The topological polar surface area (TPSA) is 80.0 Å². The van der Waals surface area contributed by atoms with Gasteiger partial charge in [0.2, 0.25) is 0 Å². The average molecular weight is 464 g/mol. The zero-order valence-electron chi connectivity index (χ0n) is 19.4. The number of H-pyrrole nitrogens is 1. The molecule has 0 saturated carbocycles. The van der Waals surface area contributed by atoms with E-state index in [1.165, 1.54) is 0 Å². The van der Waals surface area contributed by atoms with Crippen LogP contribution in [0.15, 0.2) is 88.2 Å². The van der Waals surface area contributed by atoms with E-state index in [-0.39, 0.29) is 5.56 Å². The molecule has 0 fully saturated rings. The van der Waals surface area contributed by atoms with Crippen LogP contribution in [0, 0.1) is 6.92 Å². The van der Waals surface area contributed by atoms with Gasteiger partial charge in [0.1, 0.15) is 17.3 Å². The normalized spacial score (nSPS) is 13.6. The standard InChI is InChI=1S/C28H25N5O2/c1-19-12-13-25(35-19)26-21(17-33(31-26)22-10-6-3-7-11-22)16-32-15-14-24-23(18-32)28(34)30-27(29-24)20-8-4-2-5-9-20/h2-13,17H,14-16,18H2,1H3,(H,29,30,34). The third-order valence-corrected chi connectivity index (χ3v) is 6.37. The Balaban J connectivity index is 1.30. The maximum absolute atomic E-state index is 13.0. The summed E-state index contributed by atoms with van der Waals surface area (Å²) in [6.07, 6.45) is 2.78. The number of hydrogen-bond donors (Lipinski definition) is 1. The van der Waals surface area contributed by atoms with Gasteiger partial charge < -0.3 is 9.40 Å². The fraction of sp³-hybridized carbons (Fsp3) is 0.179. The van der Waals surface area contributed by atoms with Crippen molar-refractivity contribution in [3.8, 4) is 28.5 Å². The number of nitrogens with zero attached hydrogens (tertiary/aromatic N) is 4. The first-order valence-electron chi connectivity index (χ1n) is 11.7. The quantitative estimate of drug-likeness (QED) is 0.407. The number of aromatic nitrogens is 4. The van der Waals surface area contributed by atoms with Crippen molar-refractivity contribution in [1.29, 1.82) is 0 Å². The second-order valence-electron chi connectivity index (χ2n) is 8.86. The van der Waals surface area contributed by atoms with Crippen LogP contribution in [0.5, 0.6) is 0 Å². The Hall–Kier alpha value is -4.23. The first-order valence-corrected chi connectivity index (χ1v) is 11.7. The molecule has 4 heterocycles. The Bertz CT molecular complexity index is 1530. The SMILES string of the molecule is Cc1ccc(-c2nn(-c3ccccc3)cc2CN2CCc3nc(-c4ccccc4)[nH]c(=O)c3C2)o1. The van der Waals surface area contributed by atoms with Crippen molar-refractivity contribution in [2.75, 3.05) is 6.54 Å². The molecular formula is C28H25N5O2. The van der Waals surface area contributed by atoms with Crippen LogP contribution in [0.4, 0.5) is 0 Å². The zero-order chi connectivity index (χ0) is 23.8. The van der Waals surface area contributed by atoms with Crippen LogP contribution < -0.4 is 5.56 Å². The molecule has 0 unspecified atom stereocenters. The van der Waals surface area contributed by atoms with Crippen molar-refractivity contribution in [3.05, 3.63) is 112 Å². The third kappa shape index (κ3) is 4.22. The Morgan fingerprint density at radius 1 is 1.00 bits per heavy atom.